The fourth-order valence-electron chi connectivity index (χ4n) is 2.30. The van der Waals surface area contributed by atoms with E-state index in [9.17, 15) is 13.2 Å². The molecule has 0 bridgehead atoms. The van der Waals surface area contributed by atoms with Crippen LogP contribution in [0.2, 0.25) is 0 Å². The summed E-state index contributed by atoms with van der Waals surface area (Å²) in [4.78, 5) is 13.4. The molecule has 118 valence electrons. The van der Waals surface area contributed by atoms with Crippen molar-refractivity contribution in [3.63, 3.8) is 0 Å². The lowest BCUT2D eigenvalue weighted by molar-refractivity contribution is -0.143. The van der Waals surface area contributed by atoms with Crippen LogP contribution >= 0.6 is 0 Å². The summed E-state index contributed by atoms with van der Waals surface area (Å²) in [5.41, 5.74) is 0. The van der Waals surface area contributed by atoms with Gasteiger partial charge >= 0.3 is 5.97 Å². The van der Waals surface area contributed by atoms with E-state index < -0.39 is 10.0 Å². The Morgan fingerprint density at radius 2 is 1.75 bits per heavy atom. The number of carbonyl (C=O) groups is 1. The summed E-state index contributed by atoms with van der Waals surface area (Å²) in [7, 11) is -3.04. The molecule has 0 aromatic carbocycles. The summed E-state index contributed by atoms with van der Waals surface area (Å²) in [6.07, 6.45) is 4.67. The average Bonchev–Trinajstić information content (AvgIpc) is 2.38. The minimum atomic E-state index is -3.04. The fraction of sp³-hybridized carbons (Fsp3) is 0.923. The predicted octanol–water partition coefficient (Wildman–Crippen LogP) is 0.687. The van der Waals surface area contributed by atoms with Crippen LogP contribution in [0.4, 0.5) is 0 Å². The van der Waals surface area contributed by atoms with Crippen LogP contribution in [0.3, 0.4) is 0 Å². The number of rotatable bonds is 8. The van der Waals surface area contributed by atoms with Crippen LogP contribution in [-0.4, -0.2) is 69.2 Å². The Bertz CT molecular complexity index is 389. The van der Waals surface area contributed by atoms with Crippen molar-refractivity contribution in [1.29, 1.82) is 0 Å². The molecule has 0 radical (unpaired) electrons. The molecule has 20 heavy (non-hydrogen) atoms. The third-order valence-corrected chi connectivity index (χ3v) is 4.76. The first-order valence-electron chi connectivity index (χ1n) is 7.26. The molecule has 0 atom stereocenters. The Balaban J connectivity index is 2.06. The van der Waals surface area contributed by atoms with E-state index in [1.807, 2.05) is 6.92 Å². The van der Waals surface area contributed by atoms with Crippen molar-refractivity contribution in [3.8, 4) is 0 Å². The van der Waals surface area contributed by atoms with E-state index in [1.165, 1.54) is 10.6 Å². The zero-order chi connectivity index (χ0) is 15.0. The van der Waals surface area contributed by atoms with Crippen LogP contribution in [0.25, 0.3) is 0 Å². The molecule has 0 unspecified atom stereocenters. The van der Waals surface area contributed by atoms with Gasteiger partial charge in [0.2, 0.25) is 10.0 Å². The number of carbonyl (C=O) groups excluding carboxylic acids is 1. The number of piperazine rings is 1. The third-order valence-electron chi connectivity index (χ3n) is 3.46. The van der Waals surface area contributed by atoms with Crippen LogP contribution in [0, 0.1) is 0 Å². The van der Waals surface area contributed by atoms with Gasteiger partial charge in [-0.15, -0.1) is 0 Å². The van der Waals surface area contributed by atoms with Gasteiger partial charge in [0.1, 0.15) is 0 Å². The molecule has 0 spiro atoms. The molecule has 1 fully saturated rings. The normalized spacial score (nSPS) is 18.1. The fourth-order valence-corrected chi connectivity index (χ4v) is 3.13. The zero-order valence-electron chi connectivity index (χ0n) is 12.5. The van der Waals surface area contributed by atoms with Crippen molar-refractivity contribution in [2.45, 2.75) is 32.6 Å². The van der Waals surface area contributed by atoms with Crippen molar-refractivity contribution in [3.05, 3.63) is 0 Å². The molecule has 7 heteroatoms. The van der Waals surface area contributed by atoms with Gasteiger partial charge < -0.3 is 9.64 Å². The number of esters is 1. The maximum atomic E-state index is 11.4. The van der Waals surface area contributed by atoms with E-state index in [-0.39, 0.29) is 5.97 Å². The van der Waals surface area contributed by atoms with E-state index in [1.54, 1.807) is 0 Å². The minimum absolute atomic E-state index is 0.116. The van der Waals surface area contributed by atoms with Gasteiger partial charge in [-0.3, -0.25) is 4.79 Å². The van der Waals surface area contributed by atoms with E-state index in [4.69, 9.17) is 4.74 Å². The first-order chi connectivity index (χ1) is 9.43. The SMILES string of the molecule is CCOC(=O)CCCCCN1CCN(S(C)(=O)=O)CC1. The van der Waals surface area contributed by atoms with Crippen molar-refractivity contribution in [2.24, 2.45) is 0 Å². The Morgan fingerprint density at radius 3 is 2.30 bits per heavy atom. The molecule has 6 nitrogen and oxygen atoms in total. The summed E-state index contributed by atoms with van der Waals surface area (Å²) in [5.74, 6) is -0.116. The summed E-state index contributed by atoms with van der Waals surface area (Å²) in [6.45, 7) is 6.00. The predicted molar refractivity (Wildman–Crippen MR) is 78.0 cm³/mol. The lowest BCUT2D eigenvalue weighted by Crippen LogP contribution is -2.48. The number of hydrogen-bond acceptors (Lipinski definition) is 5. The third kappa shape index (κ3) is 6.67. The molecule has 1 aliphatic rings. The van der Waals surface area contributed by atoms with Gasteiger partial charge in [0.05, 0.1) is 12.9 Å². The average molecular weight is 306 g/mol. The van der Waals surface area contributed by atoms with Crippen LogP contribution in [-0.2, 0) is 19.6 Å². The highest BCUT2D eigenvalue weighted by atomic mass is 32.2. The van der Waals surface area contributed by atoms with Gasteiger partial charge in [0, 0.05) is 32.6 Å². The van der Waals surface area contributed by atoms with Gasteiger partial charge in [-0.2, -0.15) is 4.31 Å². The lowest BCUT2D eigenvalue weighted by Gasteiger charge is -2.33. The smallest absolute Gasteiger partial charge is 0.305 e. The van der Waals surface area contributed by atoms with Crippen molar-refractivity contribution in [2.75, 3.05) is 45.6 Å². The summed E-state index contributed by atoms with van der Waals surface area (Å²) < 4.78 is 29.1. The van der Waals surface area contributed by atoms with E-state index >= 15 is 0 Å². The first kappa shape index (κ1) is 17.4. The Morgan fingerprint density at radius 1 is 1.10 bits per heavy atom. The number of unbranched alkanes of at least 4 members (excludes halogenated alkanes) is 2. The first-order valence-corrected chi connectivity index (χ1v) is 9.11. The zero-order valence-corrected chi connectivity index (χ0v) is 13.3. The topological polar surface area (TPSA) is 66.9 Å². The van der Waals surface area contributed by atoms with E-state index in [0.29, 0.717) is 26.1 Å². The lowest BCUT2D eigenvalue weighted by atomic mass is 10.2. The highest BCUT2D eigenvalue weighted by Crippen LogP contribution is 2.08. The Kier molecular flexibility index (Phi) is 7.47. The van der Waals surface area contributed by atoms with E-state index in [0.717, 1.165) is 38.9 Å². The van der Waals surface area contributed by atoms with Crippen LogP contribution < -0.4 is 0 Å². The Labute approximate surface area is 122 Å². The second-order valence-electron chi connectivity index (χ2n) is 5.12. The molecule has 1 heterocycles. The summed E-state index contributed by atoms with van der Waals surface area (Å²) in [5, 5.41) is 0. The molecule has 0 aliphatic carbocycles. The summed E-state index contributed by atoms with van der Waals surface area (Å²) >= 11 is 0. The van der Waals surface area contributed by atoms with Crippen molar-refractivity contribution < 1.29 is 17.9 Å². The molecule has 0 N–H and O–H groups in total. The van der Waals surface area contributed by atoms with Gasteiger partial charge in [-0.1, -0.05) is 6.42 Å². The van der Waals surface area contributed by atoms with Crippen molar-refractivity contribution in [1.82, 2.24) is 9.21 Å². The maximum Gasteiger partial charge on any atom is 0.305 e. The molecular formula is C13H26N2O4S. The van der Waals surface area contributed by atoms with Gasteiger partial charge in [-0.05, 0) is 26.3 Å². The highest BCUT2D eigenvalue weighted by Gasteiger charge is 2.22. The second kappa shape index (κ2) is 8.59. The summed E-state index contributed by atoms with van der Waals surface area (Å²) in [6, 6.07) is 0. The molecule has 1 saturated heterocycles. The second-order valence-corrected chi connectivity index (χ2v) is 7.10. The minimum Gasteiger partial charge on any atom is -0.466 e. The molecule has 1 rings (SSSR count). The van der Waals surface area contributed by atoms with Gasteiger partial charge in [0.15, 0.2) is 0 Å². The maximum absolute atomic E-state index is 11.4. The number of sulfonamides is 1. The molecular weight excluding hydrogens is 280 g/mol. The highest BCUT2D eigenvalue weighted by molar-refractivity contribution is 7.88. The van der Waals surface area contributed by atoms with E-state index in [2.05, 4.69) is 4.90 Å². The van der Waals surface area contributed by atoms with Crippen LogP contribution in [0.15, 0.2) is 0 Å². The monoisotopic (exact) mass is 306 g/mol. The van der Waals surface area contributed by atoms with Crippen molar-refractivity contribution >= 4 is 16.0 Å². The quantitative estimate of drug-likeness (QED) is 0.487. The molecule has 0 saturated carbocycles. The number of ether oxygens (including phenoxy) is 1. The number of hydrogen-bond donors (Lipinski definition) is 0. The van der Waals surface area contributed by atoms with Gasteiger partial charge in [-0.25, -0.2) is 8.42 Å². The molecule has 0 aromatic rings. The molecule has 1 aliphatic heterocycles. The Hall–Kier alpha value is -0.660. The van der Waals surface area contributed by atoms with Crippen LogP contribution in [0.5, 0.6) is 0 Å². The molecule has 0 amide bonds. The van der Waals surface area contributed by atoms with Gasteiger partial charge in [0.25, 0.3) is 0 Å². The largest absolute Gasteiger partial charge is 0.466 e. The van der Waals surface area contributed by atoms with Crippen LogP contribution in [0.1, 0.15) is 32.6 Å². The number of nitrogens with zero attached hydrogens (tertiary/aromatic N) is 2. The standard InChI is InChI=1S/C13H26N2O4S/c1-3-19-13(16)7-5-4-6-8-14-9-11-15(12-10-14)20(2,17)18/h3-12H2,1-2H3. The molecule has 0 aromatic heterocycles.